The number of anilines is 1. The van der Waals surface area contributed by atoms with E-state index in [-0.39, 0.29) is 0 Å². The molecular weight excluding hydrogens is 236 g/mol. The monoisotopic (exact) mass is 244 g/mol. The van der Waals surface area contributed by atoms with Gasteiger partial charge in [0.25, 0.3) is 0 Å². The third-order valence-electron chi connectivity index (χ3n) is 2.61. The van der Waals surface area contributed by atoms with Gasteiger partial charge in [0.15, 0.2) is 5.58 Å². The molecule has 0 spiro atoms. The molecule has 2 aromatic carbocycles. The normalized spacial score (nSPS) is 10.9. The number of nitrogen functional groups attached to an aromatic ring is 1. The zero-order valence-electron chi connectivity index (χ0n) is 8.85. The Kier molecular flexibility index (Phi) is 2.27. The summed E-state index contributed by atoms with van der Waals surface area (Å²) in [6.45, 7) is 0. The Morgan fingerprint density at radius 3 is 2.59 bits per heavy atom. The molecule has 0 radical (unpaired) electrons. The molecule has 17 heavy (non-hydrogen) atoms. The van der Waals surface area contributed by atoms with Crippen LogP contribution in [0.4, 0.5) is 5.69 Å². The van der Waals surface area contributed by atoms with E-state index < -0.39 is 0 Å². The molecule has 2 N–H and O–H groups in total. The lowest BCUT2D eigenvalue weighted by Crippen LogP contribution is -1.83. The minimum Gasteiger partial charge on any atom is -0.399 e. The summed E-state index contributed by atoms with van der Waals surface area (Å²) in [6.07, 6.45) is 0. The number of nitrogens with two attached hydrogens (primary N) is 1. The van der Waals surface area contributed by atoms with Gasteiger partial charge in [-0.1, -0.05) is 28.9 Å². The van der Waals surface area contributed by atoms with Gasteiger partial charge in [-0.25, -0.2) is 0 Å². The van der Waals surface area contributed by atoms with Crippen LogP contribution in [0.25, 0.3) is 22.2 Å². The van der Waals surface area contributed by atoms with E-state index in [1.54, 1.807) is 6.07 Å². The van der Waals surface area contributed by atoms with Crippen molar-refractivity contribution in [3.8, 4) is 11.3 Å². The van der Waals surface area contributed by atoms with Crippen LogP contribution in [0.1, 0.15) is 0 Å². The van der Waals surface area contributed by atoms with Crippen molar-refractivity contribution >= 4 is 28.3 Å². The molecule has 1 aromatic heterocycles. The van der Waals surface area contributed by atoms with Crippen LogP contribution in [0.2, 0.25) is 5.02 Å². The van der Waals surface area contributed by atoms with E-state index in [1.165, 1.54) is 0 Å². The third kappa shape index (κ3) is 1.74. The fraction of sp³-hybridized carbons (Fsp3) is 0. The van der Waals surface area contributed by atoms with Gasteiger partial charge in [0.2, 0.25) is 0 Å². The van der Waals surface area contributed by atoms with Crippen LogP contribution in [0.3, 0.4) is 0 Å². The quantitative estimate of drug-likeness (QED) is 0.664. The second-order valence-electron chi connectivity index (χ2n) is 3.79. The minimum atomic E-state index is 0.691. The Morgan fingerprint density at radius 1 is 1.06 bits per heavy atom. The predicted molar refractivity (Wildman–Crippen MR) is 68.9 cm³/mol. The Bertz CT molecular complexity index is 673. The highest BCUT2D eigenvalue weighted by Crippen LogP contribution is 2.29. The molecule has 0 bridgehead atoms. The summed E-state index contributed by atoms with van der Waals surface area (Å²) >= 11 is 5.85. The Balaban J connectivity index is 2.23. The van der Waals surface area contributed by atoms with Crippen LogP contribution in [-0.2, 0) is 0 Å². The van der Waals surface area contributed by atoms with Crippen molar-refractivity contribution < 1.29 is 4.52 Å². The van der Waals surface area contributed by atoms with E-state index >= 15 is 0 Å². The van der Waals surface area contributed by atoms with Crippen molar-refractivity contribution in [2.45, 2.75) is 0 Å². The predicted octanol–water partition coefficient (Wildman–Crippen LogP) is 3.73. The highest BCUT2D eigenvalue weighted by molar-refractivity contribution is 6.30. The Labute approximate surface area is 103 Å². The van der Waals surface area contributed by atoms with Crippen LogP contribution in [0.15, 0.2) is 47.0 Å². The highest BCUT2D eigenvalue weighted by Gasteiger charge is 2.10. The molecule has 3 nitrogen and oxygen atoms in total. The van der Waals surface area contributed by atoms with Gasteiger partial charge in [-0.3, -0.25) is 0 Å². The number of halogens is 1. The smallest absolute Gasteiger partial charge is 0.167 e. The summed E-state index contributed by atoms with van der Waals surface area (Å²) in [6, 6.07) is 12.9. The summed E-state index contributed by atoms with van der Waals surface area (Å²) in [5.74, 6) is 0. The Morgan fingerprint density at radius 2 is 1.82 bits per heavy atom. The van der Waals surface area contributed by atoms with Gasteiger partial charge < -0.3 is 10.3 Å². The number of aromatic nitrogens is 1. The zero-order chi connectivity index (χ0) is 11.8. The van der Waals surface area contributed by atoms with E-state index in [9.17, 15) is 0 Å². The largest absolute Gasteiger partial charge is 0.399 e. The molecule has 0 aliphatic rings. The standard InChI is InChI=1S/C13H9ClN2O/c14-9-3-1-8(2-4-9)13-11-7-10(15)5-6-12(11)17-16-13/h1-7H,15H2. The average molecular weight is 245 g/mol. The molecule has 1 heterocycles. The molecule has 0 saturated heterocycles. The lowest BCUT2D eigenvalue weighted by molar-refractivity contribution is 0.459. The SMILES string of the molecule is Nc1ccc2onc(-c3ccc(Cl)cc3)c2c1. The molecule has 4 heteroatoms. The molecule has 3 rings (SSSR count). The summed E-state index contributed by atoms with van der Waals surface area (Å²) in [5.41, 5.74) is 8.92. The van der Waals surface area contributed by atoms with Crippen LogP contribution in [0, 0.1) is 0 Å². The maximum absolute atomic E-state index is 5.85. The molecule has 3 aromatic rings. The molecule has 84 valence electrons. The maximum atomic E-state index is 5.85. The Hall–Kier alpha value is -2.00. The lowest BCUT2D eigenvalue weighted by Gasteiger charge is -1.97. The van der Waals surface area contributed by atoms with Gasteiger partial charge in [0.05, 0.1) is 5.39 Å². The first-order valence-corrected chi connectivity index (χ1v) is 5.53. The topological polar surface area (TPSA) is 52.0 Å². The van der Waals surface area contributed by atoms with Crippen molar-refractivity contribution in [3.05, 3.63) is 47.5 Å². The number of nitrogens with zero attached hydrogens (tertiary/aromatic N) is 1. The van der Waals surface area contributed by atoms with Crippen LogP contribution < -0.4 is 5.73 Å². The van der Waals surface area contributed by atoms with Crippen molar-refractivity contribution in [2.24, 2.45) is 0 Å². The van der Waals surface area contributed by atoms with E-state index in [4.69, 9.17) is 21.9 Å². The number of hydrogen-bond donors (Lipinski definition) is 1. The molecule has 0 unspecified atom stereocenters. The van der Waals surface area contributed by atoms with E-state index in [2.05, 4.69) is 5.16 Å². The van der Waals surface area contributed by atoms with E-state index in [1.807, 2.05) is 36.4 Å². The lowest BCUT2D eigenvalue weighted by atomic mass is 10.1. The molecule has 0 atom stereocenters. The second-order valence-corrected chi connectivity index (χ2v) is 4.23. The molecular formula is C13H9ClN2O. The van der Waals surface area contributed by atoms with Crippen molar-refractivity contribution in [1.82, 2.24) is 5.16 Å². The summed E-state index contributed by atoms with van der Waals surface area (Å²) in [4.78, 5) is 0. The van der Waals surface area contributed by atoms with Crippen LogP contribution in [0.5, 0.6) is 0 Å². The molecule has 0 saturated carbocycles. The number of hydrogen-bond acceptors (Lipinski definition) is 3. The van der Waals surface area contributed by atoms with Crippen molar-refractivity contribution in [2.75, 3.05) is 5.73 Å². The molecule has 0 aliphatic carbocycles. The first-order valence-electron chi connectivity index (χ1n) is 5.15. The van der Waals surface area contributed by atoms with Crippen molar-refractivity contribution in [1.29, 1.82) is 0 Å². The number of benzene rings is 2. The van der Waals surface area contributed by atoms with E-state index in [0.717, 1.165) is 22.2 Å². The van der Waals surface area contributed by atoms with Gasteiger partial charge in [0.1, 0.15) is 5.69 Å². The van der Waals surface area contributed by atoms with Gasteiger partial charge in [-0.05, 0) is 30.3 Å². The fourth-order valence-corrected chi connectivity index (χ4v) is 1.90. The minimum absolute atomic E-state index is 0.691. The summed E-state index contributed by atoms with van der Waals surface area (Å²) in [7, 11) is 0. The zero-order valence-corrected chi connectivity index (χ0v) is 9.61. The molecule has 0 aliphatic heterocycles. The number of fused-ring (bicyclic) bond motifs is 1. The molecule has 0 fully saturated rings. The van der Waals surface area contributed by atoms with Gasteiger partial charge in [-0.15, -0.1) is 0 Å². The fourth-order valence-electron chi connectivity index (χ4n) is 1.77. The first kappa shape index (κ1) is 10.2. The van der Waals surface area contributed by atoms with Gasteiger partial charge in [-0.2, -0.15) is 0 Å². The van der Waals surface area contributed by atoms with E-state index in [0.29, 0.717) is 10.7 Å². The van der Waals surface area contributed by atoms with Gasteiger partial charge in [0, 0.05) is 16.3 Å². The second kappa shape index (κ2) is 3.79. The third-order valence-corrected chi connectivity index (χ3v) is 2.86. The summed E-state index contributed by atoms with van der Waals surface area (Å²) < 4.78 is 5.25. The average Bonchev–Trinajstić information content (AvgIpc) is 2.73. The van der Waals surface area contributed by atoms with Gasteiger partial charge >= 0.3 is 0 Å². The van der Waals surface area contributed by atoms with Crippen LogP contribution in [-0.4, -0.2) is 5.16 Å². The summed E-state index contributed by atoms with van der Waals surface area (Å²) in [5, 5.41) is 5.67. The highest BCUT2D eigenvalue weighted by atomic mass is 35.5. The molecule has 0 amide bonds. The first-order chi connectivity index (χ1) is 8.24. The number of rotatable bonds is 1. The van der Waals surface area contributed by atoms with Crippen molar-refractivity contribution in [3.63, 3.8) is 0 Å². The maximum Gasteiger partial charge on any atom is 0.167 e. The van der Waals surface area contributed by atoms with Crippen LogP contribution >= 0.6 is 11.6 Å².